The van der Waals surface area contributed by atoms with E-state index in [1.807, 2.05) is 6.92 Å². The van der Waals surface area contributed by atoms with E-state index in [1.165, 1.54) is 0 Å². The van der Waals surface area contributed by atoms with E-state index in [-0.39, 0.29) is 18.2 Å². The van der Waals surface area contributed by atoms with Crippen molar-refractivity contribution >= 4 is 30.0 Å². The van der Waals surface area contributed by atoms with Crippen molar-refractivity contribution in [3.05, 3.63) is 18.1 Å². The van der Waals surface area contributed by atoms with Crippen LogP contribution in [0.1, 0.15) is 38.4 Å². The van der Waals surface area contributed by atoms with Crippen molar-refractivity contribution in [3.8, 4) is 0 Å². The van der Waals surface area contributed by atoms with Gasteiger partial charge in [0, 0.05) is 25.6 Å². The first-order valence-corrected chi connectivity index (χ1v) is 6.83. The maximum absolute atomic E-state index is 7.15. The number of anilines is 1. The highest BCUT2D eigenvalue weighted by Gasteiger charge is 2.01. The molecule has 1 heterocycles. The summed E-state index contributed by atoms with van der Waals surface area (Å²) in [5, 5.41) is 10.1. The number of aryl methyl sites for hydroxylation is 1. The summed E-state index contributed by atoms with van der Waals surface area (Å²) in [6.45, 7) is 2.74. The second kappa shape index (κ2) is 10.8. The number of hydrogen-bond acceptors (Lipinski definition) is 4. The Kier molecular flexibility index (Phi) is 9.87. The van der Waals surface area contributed by atoms with Crippen LogP contribution >= 0.6 is 12.4 Å². The van der Waals surface area contributed by atoms with Crippen molar-refractivity contribution in [2.45, 2.75) is 39.0 Å². The van der Waals surface area contributed by atoms with Crippen LogP contribution in [0.3, 0.4) is 0 Å². The summed E-state index contributed by atoms with van der Waals surface area (Å²) in [7, 11) is 0. The molecule has 0 radical (unpaired) electrons. The summed E-state index contributed by atoms with van der Waals surface area (Å²) in [6.07, 6.45) is 5.80. The molecule has 0 spiro atoms. The highest BCUT2D eigenvalue weighted by atomic mass is 35.5. The number of nitrogens with two attached hydrogens (primary N) is 2. The predicted molar refractivity (Wildman–Crippen MR) is 89.2 cm³/mol. The third kappa shape index (κ3) is 8.80. The Morgan fingerprint density at radius 3 is 2.81 bits per heavy atom. The van der Waals surface area contributed by atoms with E-state index in [2.05, 4.69) is 20.3 Å². The standard InChI is InChI=1S/C13H23N7.ClH/c1-2-8-18-13(16)20-12-7-9-17-11(19-12)6-4-3-5-10(14)15;/h7,9H,2-6,8H2,1H3,(H3,14,15)(H3,16,17,18,19,20);1H. The van der Waals surface area contributed by atoms with Gasteiger partial charge in [-0.1, -0.05) is 6.92 Å². The predicted octanol–water partition coefficient (Wildman–Crippen LogP) is 1.68. The first kappa shape index (κ1) is 19.1. The van der Waals surface area contributed by atoms with Crippen molar-refractivity contribution < 1.29 is 0 Å². The molecule has 8 heteroatoms. The van der Waals surface area contributed by atoms with E-state index in [0.29, 0.717) is 24.7 Å². The lowest BCUT2D eigenvalue weighted by Gasteiger charge is -2.06. The zero-order valence-electron chi connectivity index (χ0n) is 12.3. The molecule has 1 rings (SSSR count). The molecule has 0 saturated carbocycles. The van der Waals surface area contributed by atoms with Crippen molar-refractivity contribution in [1.29, 1.82) is 5.41 Å². The molecule has 6 N–H and O–H groups in total. The molecule has 21 heavy (non-hydrogen) atoms. The van der Waals surface area contributed by atoms with Crippen LogP contribution in [0, 0.1) is 5.41 Å². The number of hydrogen-bond donors (Lipinski definition) is 4. The normalized spacial score (nSPS) is 10.8. The molecule has 0 atom stereocenters. The van der Waals surface area contributed by atoms with E-state index in [1.54, 1.807) is 12.3 Å². The summed E-state index contributed by atoms with van der Waals surface area (Å²) < 4.78 is 0. The number of halogens is 1. The highest BCUT2D eigenvalue weighted by molar-refractivity contribution is 5.91. The van der Waals surface area contributed by atoms with Gasteiger partial charge in [-0.15, -0.1) is 12.4 Å². The third-order valence-electron chi connectivity index (χ3n) is 2.56. The Hall–Kier alpha value is -1.89. The number of guanidine groups is 1. The minimum atomic E-state index is 0. The molecule has 0 fully saturated rings. The average Bonchev–Trinajstić information content (AvgIpc) is 2.41. The lowest BCUT2D eigenvalue weighted by Crippen LogP contribution is -2.23. The Bertz CT molecular complexity index is 462. The fourth-order valence-corrected chi connectivity index (χ4v) is 1.59. The van der Waals surface area contributed by atoms with Crippen LogP contribution in [-0.4, -0.2) is 28.3 Å². The van der Waals surface area contributed by atoms with Crippen LogP contribution in [0.2, 0.25) is 0 Å². The second-order valence-corrected chi connectivity index (χ2v) is 4.48. The molecule has 118 valence electrons. The zero-order valence-corrected chi connectivity index (χ0v) is 13.1. The largest absolute Gasteiger partial charge is 0.388 e. The minimum absolute atomic E-state index is 0. The van der Waals surface area contributed by atoms with Gasteiger partial charge in [0.05, 0.1) is 5.84 Å². The van der Waals surface area contributed by atoms with Crippen LogP contribution in [-0.2, 0) is 6.42 Å². The van der Waals surface area contributed by atoms with E-state index in [4.69, 9.17) is 16.9 Å². The number of rotatable bonds is 8. The lowest BCUT2D eigenvalue weighted by molar-refractivity contribution is 0.726. The van der Waals surface area contributed by atoms with E-state index in [9.17, 15) is 0 Å². The van der Waals surface area contributed by atoms with Gasteiger partial charge in [-0.25, -0.2) is 9.97 Å². The van der Waals surface area contributed by atoms with Gasteiger partial charge in [0.2, 0.25) is 0 Å². The molecular formula is C13H24ClN7. The quantitative estimate of drug-likeness (QED) is 0.330. The number of aliphatic imine (C=N–C) groups is 1. The lowest BCUT2D eigenvalue weighted by atomic mass is 10.2. The van der Waals surface area contributed by atoms with Crippen LogP contribution in [0.15, 0.2) is 17.3 Å². The van der Waals surface area contributed by atoms with Gasteiger partial charge in [0.15, 0.2) is 5.96 Å². The van der Waals surface area contributed by atoms with Gasteiger partial charge in [0.1, 0.15) is 11.6 Å². The molecule has 0 saturated heterocycles. The molecule has 0 unspecified atom stereocenters. The zero-order chi connectivity index (χ0) is 14.8. The summed E-state index contributed by atoms with van der Waals surface area (Å²) in [4.78, 5) is 12.7. The van der Waals surface area contributed by atoms with E-state index in [0.717, 1.165) is 31.5 Å². The summed E-state index contributed by atoms with van der Waals surface area (Å²) in [5.41, 5.74) is 11.0. The van der Waals surface area contributed by atoms with Gasteiger partial charge in [-0.2, -0.15) is 0 Å². The van der Waals surface area contributed by atoms with E-state index < -0.39 is 0 Å². The van der Waals surface area contributed by atoms with Crippen molar-refractivity contribution in [2.75, 3.05) is 11.9 Å². The van der Waals surface area contributed by atoms with Crippen molar-refractivity contribution in [2.24, 2.45) is 16.5 Å². The fourth-order valence-electron chi connectivity index (χ4n) is 1.59. The molecule has 0 aromatic carbocycles. The van der Waals surface area contributed by atoms with Gasteiger partial charge >= 0.3 is 0 Å². The van der Waals surface area contributed by atoms with Gasteiger partial charge in [0.25, 0.3) is 0 Å². The minimum Gasteiger partial charge on any atom is -0.388 e. The molecule has 0 aliphatic carbocycles. The summed E-state index contributed by atoms with van der Waals surface area (Å²) in [5.74, 6) is 2.00. The van der Waals surface area contributed by atoms with Crippen LogP contribution in [0.4, 0.5) is 5.82 Å². The molecule has 0 aliphatic heterocycles. The second-order valence-electron chi connectivity index (χ2n) is 4.48. The van der Waals surface area contributed by atoms with Gasteiger partial charge < -0.3 is 16.8 Å². The number of amidine groups is 1. The topological polar surface area (TPSA) is 126 Å². The maximum atomic E-state index is 7.15. The molecule has 7 nitrogen and oxygen atoms in total. The summed E-state index contributed by atoms with van der Waals surface area (Å²) >= 11 is 0. The van der Waals surface area contributed by atoms with Crippen LogP contribution < -0.4 is 16.8 Å². The number of unbranched alkanes of at least 4 members (excludes halogenated alkanes) is 1. The van der Waals surface area contributed by atoms with Crippen LogP contribution in [0.25, 0.3) is 0 Å². The molecular weight excluding hydrogens is 290 g/mol. The SMILES string of the molecule is CCCN=C(N)Nc1ccnc(CCCCC(=N)N)n1.Cl. The average molecular weight is 314 g/mol. The number of aromatic nitrogens is 2. The smallest absolute Gasteiger partial charge is 0.194 e. The summed E-state index contributed by atoms with van der Waals surface area (Å²) in [6, 6.07) is 1.76. The van der Waals surface area contributed by atoms with Crippen molar-refractivity contribution in [1.82, 2.24) is 9.97 Å². The first-order chi connectivity index (χ1) is 9.61. The van der Waals surface area contributed by atoms with Gasteiger partial charge in [-0.05, 0) is 25.3 Å². The molecule has 1 aromatic heterocycles. The monoisotopic (exact) mass is 313 g/mol. The molecule has 0 amide bonds. The number of nitrogens with zero attached hydrogens (tertiary/aromatic N) is 3. The Morgan fingerprint density at radius 1 is 1.38 bits per heavy atom. The van der Waals surface area contributed by atoms with Gasteiger partial charge in [-0.3, -0.25) is 10.4 Å². The Labute approximate surface area is 131 Å². The highest BCUT2D eigenvalue weighted by Crippen LogP contribution is 2.06. The van der Waals surface area contributed by atoms with Crippen molar-refractivity contribution in [3.63, 3.8) is 0 Å². The maximum Gasteiger partial charge on any atom is 0.194 e. The Balaban J connectivity index is 0.00000400. The number of nitrogens with one attached hydrogen (secondary N) is 2. The molecule has 0 bridgehead atoms. The first-order valence-electron chi connectivity index (χ1n) is 6.83. The molecule has 1 aromatic rings. The fraction of sp³-hybridized carbons (Fsp3) is 0.538. The molecule has 0 aliphatic rings. The van der Waals surface area contributed by atoms with Crippen LogP contribution in [0.5, 0.6) is 0 Å². The Morgan fingerprint density at radius 2 is 2.14 bits per heavy atom. The van der Waals surface area contributed by atoms with E-state index >= 15 is 0 Å². The third-order valence-corrected chi connectivity index (χ3v) is 2.56.